The van der Waals surface area contributed by atoms with Crippen molar-refractivity contribution < 1.29 is 8.42 Å². The number of hydrogen-bond donors (Lipinski definition) is 0. The Morgan fingerprint density at radius 1 is 1.29 bits per heavy atom. The second-order valence-electron chi connectivity index (χ2n) is 5.93. The van der Waals surface area contributed by atoms with Gasteiger partial charge >= 0.3 is 0 Å². The van der Waals surface area contributed by atoms with Crippen LogP contribution in [0.5, 0.6) is 0 Å². The maximum atomic E-state index is 13.0. The van der Waals surface area contributed by atoms with Gasteiger partial charge in [0.2, 0.25) is 10.0 Å². The first kappa shape index (κ1) is 17.1. The van der Waals surface area contributed by atoms with Crippen molar-refractivity contribution in [3.05, 3.63) is 28.3 Å². The molecule has 118 valence electrons. The van der Waals surface area contributed by atoms with Gasteiger partial charge in [-0.3, -0.25) is 0 Å². The van der Waals surface area contributed by atoms with E-state index in [2.05, 4.69) is 6.92 Å². The zero-order valence-electron chi connectivity index (χ0n) is 12.6. The number of nitrogens with zero attached hydrogens (tertiary/aromatic N) is 1. The fourth-order valence-electron chi connectivity index (χ4n) is 2.82. The molecular formula is C15H21Cl2NO2S. The first-order chi connectivity index (χ1) is 9.77. The lowest BCUT2D eigenvalue weighted by molar-refractivity contribution is 0.218. The maximum absolute atomic E-state index is 13.0. The van der Waals surface area contributed by atoms with E-state index in [9.17, 15) is 8.42 Å². The highest BCUT2D eigenvalue weighted by Gasteiger charge is 2.34. The molecule has 3 nitrogen and oxygen atoms in total. The van der Waals surface area contributed by atoms with Crippen molar-refractivity contribution in [1.82, 2.24) is 4.31 Å². The second kappa shape index (κ2) is 6.45. The summed E-state index contributed by atoms with van der Waals surface area (Å²) in [6.07, 6.45) is 1.96. The van der Waals surface area contributed by atoms with Gasteiger partial charge < -0.3 is 0 Å². The van der Waals surface area contributed by atoms with Gasteiger partial charge in [-0.15, -0.1) is 11.6 Å². The third-order valence-corrected chi connectivity index (χ3v) is 6.84. The molecule has 0 radical (unpaired) electrons. The van der Waals surface area contributed by atoms with Crippen LogP contribution in [0, 0.1) is 12.8 Å². The van der Waals surface area contributed by atoms with E-state index in [4.69, 9.17) is 23.2 Å². The lowest BCUT2D eigenvalue weighted by Crippen LogP contribution is -2.45. The van der Waals surface area contributed by atoms with Crippen LogP contribution in [0.15, 0.2) is 17.0 Å². The Balaban J connectivity index is 2.51. The topological polar surface area (TPSA) is 37.4 Å². The van der Waals surface area contributed by atoms with Gasteiger partial charge in [0.05, 0.1) is 4.90 Å². The van der Waals surface area contributed by atoms with Gasteiger partial charge in [-0.25, -0.2) is 8.42 Å². The van der Waals surface area contributed by atoms with Crippen molar-refractivity contribution in [3.8, 4) is 0 Å². The third kappa shape index (κ3) is 3.39. The van der Waals surface area contributed by atoms with Crippen LogP contribution < -0.4 is 0 Å². The molecule has 0 amide bonds. The highest BCUT2D eigenvalue weighted by atomic mass is 35.5. The molecule has 0 bridgehead atoms. The molecule has 1 aliphatic heterocycles. The molecule has 1 fully saturated rings. The fraction of sp³-hybridized carbons (Fsp3) is 0.600. The van der Waals surface area contributed by atoms with Crippen LogP contribution in [0.4, 0.5) is 0 Å². The zero-order valence-corrected chi connectivity index (χ0v) is 14.9. The number of sulfonamides is 1. The van der Waals surface area contributed by atoms with E-state index in [1.165, 1.54) is 6.07 Å². The maximum Gasteiger partial charge on any atom is 0.243 e. The molecule has 0 aromatic heterocycles. The molecule has 1 heterocycles. The van der Waals surface area contributed by atoms with E-state index in [1.807, 2.05) is 6.92 Å². The normalized spacial score (nSPS) is 24.2. The summed E-state index contributed by atoms with van der Waals surface area (Å²) in [5.41, 5.74) is 1.46. The lowest BCUT2D eigenvalue weighted by atomic mass is 9.97. The molecule has 2 atom stereocenters. The van der Waals surface area contributed by atoms with Gasteiger partial charge in [-0.05, 0) is 55.9 Å². The molecule has 2 unspecified atom stereocenters. The quantitative estimate of drug-likeness (QED) is 0.767. The minimum absolute atomic E-state index is 0.0176. The Bertz CT molecular complexity index is 631. The van der Waals surface area contributed by atoms with Crippen LogP contribution in [-0.4, -0.2) is 25.3 Å². The van der Waals surface area contributed by atoms with Crippen molar-refractivity contribution >= 4 is 33.2 Å². The standard InChI is InChI=1S/C15H21Cl2NO2S/c1-10-4-5-11(2)18(9-10)21(19,20)15-7-14(17)6-13(8-16)12(15)3/h6-7,10-11H,4-5,8-9H2,1-3H3. The van der Waals surface area contributed by atoms with Gasteiger partial charge in [0, 0.05) is 23.5 Å². The van der Waals surface area contributed by atoms with Crippen LogP contribution in [0.2, 0.25) is 5.02 Å². The van der Waals surface area contributed by atoms with Crippen molar-refractivity contribution in [2.75, 3.05) is 6.54 Å². The molecule has 0 aliphatic carbocycles. The number of benzene rings is 1. The summed E-state index contributed by atoms with van der Waals surface area (Å²) in [6.45, 7) is 6.40. The Labute approximate surface area is 137 Å². The molecular weight excluding hydrogens is 329 g/mol. The number of halogens is 2. The van der Waals surface area contributed by atoms with Crippen LogP contribution in [0.3, 0.4) is 0 Å². The molecule has 1 aromatic carbocycles. The van der Waals surface area contributed by atoms with E-state index in [1.54, 1.807) is 17.3 Å². The monoisotopic (exact) mass is 349 g/mol. The highest BCUT2D eigenvalue weighted by Crippen LogP contribution is 2.32. The summed E-state index contributed by atoms with van der Waals surface area (Å²) in [7, 11) is -3.54. The van der Waals surface area contributed by atoms with Gasteiger partial charge in [0.15, 0.2) is 0 Å². The van der Waals surface area contributed by atoms with Crippen LogP contribution in [-0.2, 0) is 15.9 Å². The molecule has 1 aliphatic rings. The van der Waals surface area contributed by atoms with E-state index in [0.717, 1.165) is 18.4 Å². The van der Waals surface area contributed by atoms with Crippen molar-refractivity contribution in [2.45, 2.75) is 50.4 Å². The molecule has 21 heavy (non-hydrogen) atoms. The van der Waals surface area contributed by atoms with Crippen LogP contribution in [0.25, 0.3) is 0 Å². The first-order valence-corrected chi connectivity index (χ1v) is 9.49. The summed E-state index contributed by atoms with van der Waals surface area (Å²) in [5, 5.41) is 0.410. The van der Waals surface area contributed by atoms with E-state index in [0.29, 0.717) is 23.0 Å². The molecule has 0 N–H and O–H groups in total. The van der Waals surface area contributed by atoms with Crippen LogP contribution >= 0.6 is 23.2 Å². The SMILES string of the molecule is Cc1c(CCl)cc(Cl)cc1S(=O)(=O)N1CC(C)CCC1C. The minimum Gasteiger partial charge on any atom is -0.207 e. The predicted octanol–water partition coefficient (Wildman–Crippen LogP) is 4.20. The van der Waals surface area contributed by atoms with Crippen molar-refractivity contribution in [3.63, 3.8) is 0 Å². The van der Waals surface area contributed by atoms with Crippen LogP contribution in [0.1, 0.15) is 37.8 Å². The molecule has 6 heteroatoms. The third-order valence-electron chi connectivity index (χ3n) is 4.22. The minimum atomic E-state index is -3.54. The Morgan fingerprint density at radius 3 is 2.57 bits per heavy atom. The summed E-state index contributed by atoms with van der Waals surface area (Å²) < 4.78 is 27.6. The highest BCUT2D eigenvalue weighted by molar-refractivity contribution is 7.89. The van der Waals surface area contributed by atoms with E-state index < -0.39 is 10.0 Å². The van der Waals surface area contributed by atoms with E-state index in [-0.39, 0.29) is 16.8 Å². The molecule has 1 saturated heterocycles. The first-order valence-electron chi connectivity index (χ1n) is 7.14. The Kier molecular flexibility index (Phi) is 5.24. The average molecular weight is 350 g/mol. The second-order valence-corrected chi connectivity index (χ2v) is 8.49. The van der Waals surface area contributed by atoms with Gasteiger partial charge in [0.25, 0.3) is 0 Å². The summed E-state index contributed by atoms with van der Waals surface area (Å²) in [4.78, 5) is 0.284. The Hall–Kier alpha value is -0.290. The van der Waals surface area contributed by atoms with Gasteiger partial charge in [-0.1, -0.05) is 18.5 Å². The molecule has 0 saturated carbocycles. The van der Waals surface area contributed by atoms with Gasteiger partial charge in [-0.2, -0.15) is 4.31 Å². The number of hydrogen-bond acceptors (Lipinski definition) is 2. The molecule has 0 spiro atoms. The fourth-order valence-corrected chi connectivity index (χ4v) is 5.48. The van der Waals surface area contributed by atoms with E-state index >= 15 is 0 Å². The average Bonchev–Trinajstić information content (AvgIpc) is 2.43. The predicted molar refractivity (Wildman–Crippen MR) is 87.5 cm³/mol. The number of alkyl halides is 1. The summed E-state index contributed by atoms with van der Waals surface area (Å²) in [5.74, 6) is 0.629. The molecule has 1 aromatic rings. The smallest absolute Gasteiger partial charge is 0.207 e. The summed E-state index contributed by atoms with van der Waals surface area (Å²) >= 11 is 12.0. The van der Waals surface area contributed by atoms with Crippen molar-refractivity contribution in [1.29, 1.82) is 0 Å². The number of rotatable bonds is 3. The lowest BCUT2D eigenvalue weighted by Gasteiger charge is -2.36. The Morgan fingerprint density at radius 2 is 1.95 bits per heavy atom. The largest absolute Gasteiger partial charge is 0.243 e. The summed E-state index contributed by atoms with van der Waals surface area (Å²) in [6, 6.07) is 3.28. The number of piperidine rings is 1. The molecule has 2 rings (SSSR count). The zero-order chi connectivity index (χ0) is 15.8. The van der Waals surface area contributed by atoms with Crippen molar-refractivity contribution in [2.24, 2.45) is 5.92 Å². The van der Waals surface area contributed by atoms with Gasteiger partial charge in [0.1, 0.15) is 0 Å².